The average Bonchev–Trinajstić information content (AvgIpc) is 2.74. The molecule has 2 fully saturated rings. The second kappa shape index (κ2) is 3.97. The van der Waals surface area contributed by atoms with E-state index in [4.69, 9.17) is 0 Å². The third-order valence-corrected chi connectivity index (χ3v) is 4.03. The number of piperidine rings is 1. The zero-order chi connectivity index (χ0) is 10.1. The van der Waals surface area contributed by atoms with Crippen LogP contribution in [0, 0.1) is 0 Å². The molecule has 80 valence electrons. The molecule has 1 aromatic carbocycles. The fourth-order valence-electron chi connectivity index (χ4n) is 3.29. The van der Waals surface area contributed by atoms with Gasteiger partial charge < -0.3 is 0 Å². The summed E-state index contributed by atoms with van der Waals surface area (Å²) in [7, 11) is 0. The minimum absolute atomic E-state index is 0.719. The van der Waals surface area contributed by atoms with Crippen molar-refractivity contribution >= 4 is 0 Å². The van der Waals surface area contributed by atoms with Crippen LogP contribution < -0.4 is 0 Å². The molecule has 0 spiro atoms. The van der Waals surface area contributed by atoms with Crippen molar-refractivity contribution in [2.24, 2.45) is 0 Å². The first kappa shape index (κ1) is 9.41. The molecule has 1 nitrogen and oxygen atoms in total. The molecule has 2 aliphatic heterocycles. The summed E-state index contributed by atoms with van der Waals surface area (Å²) in [6.45, 7) is 1.32. The molecule has 0 aromatic heterocycles. The highest BCUT2D eigenvalue weighted by atomic mass is 15.2. The van der Waals surface area contributed by atoms with Crippen LogP contribution in [0.25, 0.3) is 0 Å². The van der Waals surface area contributed by atoms with E-state index in [1.807, 2.05) is 0 Å². The van der Waals surface area contributed by atoms with Gasteiger partial charge in [0.05, 0.1) is 0 Å². The number of benzene rings is 1. The summed E-state index contributed by atoms with van der Waals surface area (Å²) >= 11 is 0. The molecule has 0 N–H and O–H groups in total. The minimum atomic E-state index is 0.719. The minimum Gasteiger partial charge on any atom is -0.293 e. The second-order valence-electron chi connectivity index (χ2n) is 4.89. The standard InChI is InChI=1S/C14H19N/c1-2-6-12(7-3-1)14-10-9-13-8-4-5-11-15(13)14/h1-3,6-7,13-14H,4-5,8-11H2. The molecule has 15 heavy (non-hydrogen) atoms. The van der Waals surface area contributed by atoms with Crippen molar-refractivity contribution in [2.75, 3.05) is 6.54 Å². The Bertz CT molecular complexity index is 319. The molecule has 1 aromatic rings. The molecule has 2 heterocycles. The second-order valence-corrected chi connectivity index (χ2v) is 4.89. The summed E-state index contributed by atoms with van der Waals surface area (Å²) in [6, 6.07) is 12.7. The fourth-order valence-corrected chi connectivity index (χ4v) is 3.29. The first-order valence-electron chi connectivity index (χ1n) is 6.26. The Balaban J connectivity index is 1.82. The van der Waals surface area contributed by atoms with Crippen molar-refractivity contribution in [3.05, 3.63) is 35.9 Å². The van der Waals surface area contributed by atoms with Crippen LogP contribution in [0.1, 0.15) is 43.7 Å². The smallest absolute Gasteiger partial charge is 0.0351 e. The normalized spacial score (nSPS) is 31.5. The van der Waals surface area contributed by atoms with Gasteiger partial charge in [0.15, 0.2) is 0 Å². The Morgan fingerprint density at radius 2 is 1.80 bits per heavy atom. The van der Waals surface area contributed by atoms with Gasteiger partial charge in [-0.2, -0.15) is 0 Å². The SMILES string of the molecule is c1ccc(C2CCC3CCCCN32)cc1. The largest absolute Gasteiger partial charge is 0.293 e. The van der Waals surface area contributed by atoms with Crippen LogP contribution in [-0.4, -0.2) is 17.5 Å². The molecule has 3 rings (SSSR count). The van der Waals surface area contributed by atoms with E-state index < -0.39 is 0 Å². The number of hydrogen-bond acceptors (Lipinski definition) is 1. The predicted molar refractivity (Wildman–Crippen MR) is 62.8 cm³/mol. The van der Waals surface area contributed by atoms with Crippen molar-refractivity contribution in [3.63, 3.8) is 0 Å². The molecule has 0 saturated carbocycles. The average molecular weight is 201 g/mol. The van der Waals surface area contributed by atoms with Gasteiger partial charge in [-0.3, -0.25) is 4.90 Å². The van der Waals surface area contributed by atoms with E-state index in [0.29, 0.717) is 0 Å². The zero-order valence-electron chi connectivity index (χ0n) is 9.23. The molecular weight excluding hydrogens is 182 g/mol. The fraction of sp³-hybridized carbons (Fsp3) is 0.571. The van der Waals surface area contributed by atoms with E-state index in [2.05, 4.69) is 35.2 Å². The van der Waals surface area contributed by atoms with E-state index in [9.17, 15) is 0 Å². The van der Waals surface area contributed by atoms with Gasteiger partial charge in [-0.25, -0.2) is 0 Å². The summed E-state index contributed by atoms with van der Waals surface area (Å²) in [5.74, 6) is 0. The molecule has 0 radical (unpaired) electrons. The lowest BCUT2D eigenvalue weighted by Gasteiger charge is -2.34. The van der Waals surface area contributed by atoms with Gasteiger partial charge in [0.25, 0.3) is 0 Å². The monoisotopic (exact) mass is 201 g/mol. The highest BCUT2D eigenvalue weighted by Crippen LogP contribution is 2.39. The first-order valence-corrected chi connectivity index (χ1v) is 6.26. The maximum absolute atomic E-state index is 2.75. The van der Waals surface area contributed by atoms with Crippen LogP contribution in [0.2, 0.25) is 0 Å². The van der Waals surface area contributed by atoms with Gasteiger partial charge in [0.1, 0.15) is 0 Å². The summed E-state index contributed by atoms with van der Waals surface area (Å²) in [5, 5.41) is 0. The van der Waals surface area contributed by atoms with Gasteiger partial charge in [0.2, 0.25) is 0 Å². The maximum atomic E-state index is 2.75. The summed E-state index contributed by atoms with van der Waals surface area (Å²) in [4.78, 5) is 2.75. The summed E-state index contributed by atoms with van der Waals surface area (Å²) < 4.78 is 0. The molecule has 2 aliphatic rings. The Morgan fingerprint density at radius 1 is 0.933 bits per heavy atom. The van der Waals surface area contributed by atoms with E-state index in [1.165, 1.54) is 44.2 Å². The molecule has 1 heteroatoms. The van der Waals surface area contributed by atoms with Crippen LogP contribution in [0.5, 0.6) is 0 Å². The third-order valence-electron chi connectivity index (χ3n) is 4.03. The number of rotatable bonds is 1. The summed E-state index contributed by atoms with van der Waals surface area (Å²) in [5.41, 5.74) is 1.53. The molecule has 2 unspecified atom stereocenters. The summed E-state index contributed by atoms with van der Waals surface area (Å²) in [6.07, 6.45) is 7.07. The Kier molecular flexibility index (Phi) is 2.49. The molecular formula is C14H19N. The first-order chi connectivity index (χ1) is 7.45. The van der Waals surface area contributed by atoms with Crippen molar-refractivity contribution in [3.8, 4) is 0 Å². The van der Waals surface area contributed by atoms with Gasteiger partial charge >= 0.3 is 0 Å². The quantitative estimate of drug-likeness (QED) is 0.673. The molecule has 0 bridgehead atoms. The van der Waals surface area contributed by atoms with Crippen molar-refractivity contribution < 1.29 is 0 Å². The topological polar surface area (TPSA) is 3.24 Å². The van der Waals surface area contributed by atoms with E-state index in [1.54, 1.807) is 0 Å². The zero-order valence-corrected chi connectivity index (χ0v) is 9.23. The number of nitrogens with zero attached hydrogens (tertiary/aromatic N) is 1. The van der Waals surface area contributed by atoms with Crippen LogP contribution in [0.3, 0.4) is 0 Å². The number of fused-ring (bicyclic) bond motifs is 1. The molecule has 0 aliphatic carbocycles. The Morgan fingerprint density at radius 3 is 2.67 bits per heavy atom. The Hall–Kier alpha value is -0.820. The maximum Gasteiger partial charge on any atom is 0.0351 e. The molecule has 2 saturated heterocycles. The van der Waals surface area contributed by atoms with Crippen molar-refractivity contribution in [2.45, 2.75) is 44.2 Å². The third kappa shape index (κ3) is 1.69. The van der Waals surface area contributed by atoms with Crippen molar-refractivity contribution in [1.82, 2.24) is 4.90 Å². The lowest BCUT2D eigenvalue weighted by atomic mass is 10.0. The molecule has 0 amide bonds. The van der Waals surface area contributed by atoms with E-state index in [0.717, 1.165) is 12.1 Å². The number of hydrogen-bond donors (Lipinski definition) is 0. The lowest BCUT2D eigenvalue weighted by Crippen LogP contribution is -2.35. The van der Waals surface area contributed by atoms with Crippen molar-refractivity contribution in [1.29, 1.82) is 0 Å². The van der Waals surface area contributed by atoms with Gasteiger partial charge in [-0.1, -0.05) is 36.8 Å². The van der Waals surface area contributed by atoms with Crippen LogP contribution in [0.15, 0.2) is 30.3 Å². The van der Waals surface area contributed by atoms with E-state index >= 15 is 0 Å². The highest BCUT2D eigenvalue weighted by Gasteiger charge is 2.35. The van der Waals surface area contributed by atoms with Crippen LogP contribution in [0.4, 0.5) is 0 Å². The molecule has 2 atom stereocenters. The van der Waals surface area contributed by atoms with Gasteiger partial charge in [-0.05, 0) is 37.8 Å². The van der Waals surface area contributed by atoms with Crippen LogP contribution in [-0.2, 0) is 0 Å². The van der Waals surface area contributed by atoms with Gasteiger partial charge in [-0.15, -0.1) is 0 Å². The predicted octanol–water partition coefficient (Wildman–Crippen LogP) is 3.38. The highest BCUT2D eigenvalue weighted by molar-refractivity contribution is 5.20. The van der Waals surface area contributed by atoms with Gasteiger partial charge in [0, 0.05) is 12.1 Å². The Labute approximate surface area is 92.1 Å². The lowest BCUT2D eigenvalue weighted by molar-refractivity contribution is 0.150. The van der Waals surface area contributed by atoms with E-state index in [-0.39, 0.29) is 0 Å². The van der Waals surface area contributed by atoms with Crippen LogP contribution >= 0.6 is 0 Å².